The predicted octanol–water partition coefficient (Wildman–Crippen LogP) is 2.63. The van der Waals surface area contributed by atoms with Crippen LogP contribution in [-0.2, 0) is 19.4 Å². The van der Waals surface area contributed by atoms with Crippen molar-refractivity contribution in [2.45, 2.75) is 71.4 Å². The number of nitrogens with one attached hydrogen (secondary N) is 1. The second kappa shape index (κ2) is 6.03. The van der Waals surface area contributed by atoms with Crippen molar-refractivity contribution in [1.82, 2.24) is 15.1 Å². The van der Waals surface area contributed by atoms with Gasteiger partial charge in [-0.1, -0.05) is 13.3 Å². The molecule has 2 aliphatic carbocycles. The number of hydrogen-bond acceptors (Lipinski definition) is 3. The molecule has 0 radical (unpaired) electrons. The molecule has 0 amide bonds. The molecule has 0 unspecified atom stereocenters. The fourth-order valence-corrected chi connectivity index (χ4v) is 3.99. The maximum atomic E-state index is 11.4. The lowest BCUT2D eigenvalue weighted by atomic mass is 9.67. The van der Waals surface area contributed by atoms with Gasteiger partial charge in [0.25, 0.3) is 0 Å². The van der Waals surface area contributed by atoms with Crippen LogP contribution >= 0.6 is 0 Å². The summed E-state index contributed by atoms with van der Waals surface area (Å²) in [6, 6.07) is 0.393. The van der Waals surface area contributed by atoms with Gasteiger partial charge in [0.15, 0.2) is 5.69 Å². The number of carboxylic acids is 1. The zero-order valence-corrected chi connectivity index (χ0v) is 13.7. The molecule has 0 saturated heterocycles. The summed E-state index contributed by atoms with van der Waals surface area (Å²) in [7, 11) is 0. The molecule has 3 rings (SSSR count). The fourth-order valence-electron chi connectivity index (χ4n) is 3.99. The van der Waals surface area contributed by atoms with E-state index >= 15 is 0 Å². The zero-order valence-electron chi connectivity index (χ0n) is 13.7. The van der Waals surface area contributed by atoms with Gasteiger partial charge in [-0.3, -0.25) is 4.68 Å². The first-order valence-electron chi connectivity index (χ1n) is 8.64. The zero-order chi connectivity index (χ0) is 15.7. The van der Waals surface area contributed by atoms with Gasteiger partial charge in [-0.05, 0) is 50.9 Å². The van der Waals surface area contributed by atoms with Gasteiger partial charge in [0.05, 0.1) is 0 Å². The Morgan fingerprint density at radius 2 is 2.23 bits per heavy atom. The molecule has 2 aliphatic rings. The Labute approximate surface area is 132 Å². The molecule has 0 aromatic carbocycles. The molecule has 122 valence electrons. The maximum Gasteiger partial charge on any atom is 0.356 e. The molecule has 0 bridgehead atoms. The minimum atomic E-state index is -0.895. The third-order valence-corrected chi connectivity index (χ3v) is 5.78. The Morgan fingerprint density at radius 3 is 2.77 bits per heavy atom. The van der Waals surface area contributed by atoms with E-state index in [1.165, 1.54) is 25.7 Å². The number of rotatable bonds is 6. The fraction of sp³-hybridized carbons (Fsp3) is 0.765. The lowest BCUT2D eigenvalue weighted by Gasteiger charge is -2.43. The highest BCUT2D eigenvalue weighted by Crippen LogP contribution is 2.43. The van der Waals surface area contributed by atoms with Crippen molar-refractivity contribution in [3.8, 4) is 0 Å². The number of hydrogen-bond donors (Lipinski definition) is 2. The summed E-state index contributed by atoms with van der Waals surface area (Å²) < 4.78 is 1.87. The Hall–Kier alpha value is -1.36. The number of nitrogens with zero attached hydrogens (tertiary/aromatic N) is 2. The monoisotopic (exact) mass is 305 g/mol. The normalized spacial score (nSPS) is 22.9. The SMILES string of the molecule is CCn1nc(C(=O)O)c2c1CC[C@H](NCC1(CC)CCC1)C2. The molecule has 1 atom stereocenters. The van der Waals surface area contributed by atoms with Crippen molar-refractivity contribution in [3.63, 3.8) is 0 Å². The summed E-state index contributed by atoms with van der Waals surface area (Å²) in [5.41, 5.74) is 2.85. The topological polar surface area (TPSA) is 67.2 Å². The first kappa shape index (κ1) is 15.5. The minimum Gasteiger partial charge on any atom is -0.476 e. The van der Waals surface area contributed by atoms with Gasteiger partial charge in [0.2, 0.25) is 0 Å². The molecule has 1 heterocycles. The lowest BCUT2D eigenvalue weighted by Crippen LogP contribution is -2.45. The van der Waals surface area contributed by atoms with Crippen LogP contribution in [0.3, 0.4) is 0 Å². The van der Waals surface area contributed by atoms with Crippen LogP contribution in [-0.4, -0.2) is 33.4 Å². The third kappa shape index (κ3) is 2.67. The number of carboxylic acid groups (broad SMARTS) is 1. The molecule has 0 aliphatic heterocycles. The quantitative estimate of drug-likeness (QED) is 0.848. The van der Waals surface area contributed by atoms with Crippen molar-refractivity contribution < 1.29 is 9.90 Å². The van der Waals surface area contributed by atoms with Gasteiger partial charge in [-0.25, -0.2) is 4.79 Å². The van der Waals surface area contributed by atoms with Gasteiger partial charge in [0.1, 0.15) is 0 Å². The minimum absolute atomic E-state index is 0.261. The summed E-state index contributed by atoms with van der Waals surface area (Å²) in [5.74, 6) is -0.895. The van der Waals surface area contributed by atoms with Crippen molar-refractivity contribution >= 4 is 5.97 Å². The molecule has 0 spiro atoms. The van der Waals surface area contributed by atoms with Gasteiger partial charge in [-0.2, -0.15) is 5.10 Å². The maximum absolute atomic E-state index is 11.4. The van der Waals surface area contributed by atoms with E-state index in [1.54, 1.807) is 0 Å². The van der Waals surface area contributed by atoms with E-state index in [1.807, 2.05) is 11.6 Å². The van der Waals surface area contributed by atoms with Crippen LogP contribution < -0.4 is 5.32 Å². The van der Waals surface area contributed by atoms with Crippen molar-refractivity contribution in [3.05, 3.63) is 17.0 Å². The van der Waals surface area contributed by atoms with Crippen molar-refractivity contribution in [1.29, 1.82) is 0 Å². The van der Waals surface area contributed by atoms with E-state index in [0.29, 0.717) is 11.5 Å². The Kier molecular flexibility index (Phi) is 4.26. The average molecular weight is 305 g/mol. The van der Waals surface area contributed by atoms with E-state index in [4.69, 9.17) is 0 Å². The molecule has 1 saturated carbocycles. The van der Waals surface area contributed by atoms with E-state index < -0.39 is 5.97 Å². The summed E-state index contributed by atoms with van der Waals surface area (Å²) in [5, 5.41) is 17.4. The van der Waals surface area contributed by atoms with Gasteiger partial charge in [-0.15, -0.1) is 0 Å². The largest absolute Gasteiger partial charge is 0.476 e. The van der Waals surface area contributed by atoms with Crippen LogP contribution in [0.25, 0.3) is 0 Å². The lowest BCUT2D eigenvalue weighted by molar-refractivity contribution is 0.0688. The molecule has 1 fully saturated rings. The van der Waals surface area contributed by atoms with Crippen LogP contribution in [0.1, 0.15) is 67.7 Å². The molecule has 1 aromatic heterocycles. The van der Waals surface area contributed by atoms with Crippen LogP contribution in [0, 0.1) is 5.41 Å². The highest BCUT2D eigenvalue weighted by Gasteiger charge is 2.36. The van der Waals surface area contributed by atoms with E-state index in [-0.39, 0.29) is 5.69 Å². The smallest absolute Gasteiger partial charge is 0.356 e. The standard InChI is InChI=1S/C17H27N3O2/c1-3-17(8-5-9-17)11-18-12-6-7-14-13(10-12)15(16(21)22)19-20(14)4-2/h12,18H,3-11H2,1-2H3,(H,21,22)/t12-/m0/s1. The first-order chi connectivity index (χ1) is 10.6. The molecule has 1 aromatic rings. The van der Waals surface area contributed by atoms with Crippen LogP contribution in [0.4, 0.5) is 0 Å². The van der Waals surface area contributed by atoms with Gasteiger partial charge in [0, 0.05) is 30.4 Å². The van der Waals surface area contributed by atoms with Gasteiger partial charge < -0.3 is 10.4 Å². The van der Waals surface area contributed by atoms with Crippen molar-refractivity contribution in [2.24, 2.45) is 5.41 Å². The van der Waals surface area contributed by atoms with Crippen LogP contribution in [0.2, 0.25) is 0 Å². The summed E-state index contributed by atoms with van der Waals surface area (Å²) in [6.07, 6.45) is 8.09. The Bertz CT molecular complexity index is 555. The number of aromatic carboxylic acids is 1. The van der Waals surface area contributed by atoms with E-state index in [2.05, 4.69) is 17.3 Å². The number of fused-ring (bicyclic) bond motifs is 1. The molecular weight excluding hydrogens is 278 g/mol. The predicted molar refractivity (Wildman–Crippen MR) is 85.3 cm³/mol. The molecule has 5 heteroatoms. The Morgan fingerprint density at radius 1 is 1.45 bits per heavy atom. The molecule has 22 heavy (non-hydrogen) atoms. The van der Waals surface area contributed by atoms with Crippen LogP contribution in [0.5, 0.6) is 0 Å². The van der Waals surface area contributed by atoms with E-state index in [0.717, 1.165) is 43.6 Å². The average Bonchev–Trinajstić information content (AvgIpc) is 2.85. The van der Waals surface area contributed by atoms with Crippen molar-refractivity contribution in [2.75, 3.05) is 6.54 Å². The summed E-state index contributed by atoms with van der Waals surface area (Å²) in [4.78, 5) is 11.4. The first-order valence-corrected chi connectivity index (χ1v) is 8.64. The van der Waals surface area contributed by atoms with Gasteiger partial charge >= 0.3 is 5.97 Å². The number of carbonyl (C=O) groups is 1. The Balaban J connectivity index is 1.70. The number of aryl methyl sites for hydroxylation is 1. The summed E-state index contributed by atoms with van der Waals surface area (Å²) >= 11 is 0. The highest BCUT2D eigenvalue weighted by atomic mass is 16.4. The second-order valence-corrected chi connectivity index (χ2v) is 6.92. The third-order valence-electron chi connectivity index (χ3n) is 5.78. The van der Waals surface area contributed by atoms with E-state index in [9.17, 15) is 9.90 Å². The van der Waals surface area contributed by atoms with Crippen LogP contribution in [0.15, 0.2) is 0 Å². The molecule has 2 N–H and O–H groups in total. The molecule has 5 nitrogen and oxygen atoms in total. The highest BCUT2D eigenvalue weighted by molar-refractivity contribution is 5.87. The number of aromatic nitrogens is 2. The second-order valence-electron chi connectivity index (χ2n) is 6.92. The summed E-state index contributed by atoms with van der Waals surface area (Å²) in [6.45, 7) is 6.12. The molecular formula is C17H27N3O2.